The van der Waals surface area contributed by atoms with Gasteiger partial charge in [-0.05, 0) is 58.8 Å². The van der Waals surface area contributed by atoms with Gasteiger partial charge in [-0.2, -0.15) is 13.5 Å². The molecule has 4 rings (SSSR count). The number of imidazole rings is 1. The van der Waals surface area contributed by atoms with Crippen LogP contribution in [0, 0.1) is 15.9 Å². The van der Waals surface area contributed by atoms with Crippen molar-refractivity contribution in [3.05, 3.63) is 69.1 Å². The second kappa shape index (κ2) is 8.99. The number of furan rings is 1. The van der Waals surface area contributed by atoms with Crippen molar-refractivity contribution < 1.29 is 18.8 Å². The molecule has 0 radical (unpaired) electrons. The fourth-order valence-corrected chi connectivity index (χ4v) is 3.96. The van der Waals surface area contributed by atoms with Crippen molar-refractivity contribution >= 4 is 30.9 Å². The maximum Gasteiger partial charge on any atom is 0.383 e. The van der Waals surface area contributed by atoms with Crippen LogP contribution >= 0.6 is 25.1 Å². The summed E-state index contributed by atoms with van der Waals surface area (Å²) in [6.45, 7) is 3.35. The Bertz CT molecular complexity index is 1080. The van der Waals surface area contributed by atoms with Gasteiger partial charge in [0.2, 0.25) is 0 Å². The standard InChI is InChI=1S/C20H20ClFN4O4.H2S/c1-20(27,12-25-10-18(26(28)29)23-19(25)21)11-24-7-6-16-14(9-24)8-17(30-16)13-2-4-15(22)5-3-13;/h2-5,8,10,27H,6-7,9,11-12H2,1H3;1H2/t20-;/m0./s1. The SMILES string of the molecule is C[C@](O)(CN1CCc2oc(-c3ccc(F)cc3)cc2C1)Cn1cc([N+](=O)[O-])nc1Cl.S. The van der Waals surface area contributed by atoms with Gasteiger partial charge in [-0.1, -0.05) is 0 Å². The van der Waals surface area contributed by atoms with Gasteiger partial charge in [-0.3, -0.25) is 9.47 Å². The highest BCUT2D eigenvalue weighted by Gasteiger charge is 2.30. The van der Waals surface area contributed by atoms with Gasteiger partial charge in [0, 0.05) is 37.2 Å². The van der Waals surface area contributed by atoms with Crippen LogP contribution in [0.25, 0.3) is 11.3 Å². The van der Waals surface area contributed by atoms with Crippen LogP contribution in [0.1, 0.15) is 18.2 Å². The molecule has 0 aliphatic carbocycles. The predicted octanol–water partition coefficient (Wildman–Crippen LogP) is 3.77. The normalized spacial score (nSPS) is 15.7. The van der Waals surface area contributed by atoms with Crippen LogP contribution in [-0.2, 0) is 19.5 Å². The van der Waals surface area contributed by atoms with Crippen molar-refractivity contribution in [3.63, 3.8) is 0 Å². The lowest BCUT2D eigenvalue weighted by molar-refractivity contribution is -0.389. The molecular formula is C20H22ClFN4O4S. The number of halogens is 2. The molecule has 0 fully saturated rings. The summed E-state index contributed by atoms with van der Waals surface area (Å²) in [5.74, 6) is 0.918. The highest BCUT2D eigenvalue weighted by molar-refractivity contribution is 7.59. The monoisotopic (exact) mass is 468 g/mol. The van der Waals surface area contributed by atoms with E-state index in [0.717, 1.165) is 16.9 Å². The number of β-amino-alcohol motifs (C(OH)–C–C–N with tert-alkyl or cyclic N) is 1. The Morgan fingerprint density at radius 3 is 2.71 bits per heavy atom. The lowest BCUT2D eigenvalue weighted by Crippen LogP contribution is -2.45. The van der Waals surface area contributed by atoms with Crippen molar-refractivity contribution in [2.24, 2.45) is 0 Å². The smallest absolute Gasteiger partial charge is 0.383 e. The summed E-state index contributed by atoms with van der Waals surface area (Å²) in [5.41, 5.74) is 0.646. The maximum atomic E-state index is 13.2. The molecule has 0 spiro atoms. The molecule has 31 heavy (non-hydrogen) atoms. The Balaban J connectivity index is 0.00000272. The second-order valence-electron chi connectivity index (χ2n) is 7.78. The number of benzene rings is 1. The molecule has 11 heteroatoms. The number of rotatable bonds is 6. The third-order valence-corrected chi connectivity index (χ3v) is 5.35. The molecule has 1 atom stereocenters. The van der Waals surface area contributed by atoms with Gasteiger partial charge < -0.3 is 19.6 Å². The lowest BCUT2D eigenvalue weighted by atomic mass is 10.0. The van der Waals surface area contributed by atoms with Crippen LogP contribution in [0.5, 0.6) is 0 Å². The summed E-state index contributed by atoms with van der Waals surface area (Å²) in [6.07, 6.45) is 1.90. The molecule has 1 aliphatic heterocycles. The molecule has 0 amide bonds. The summed E-state index contributed by atoms with van der Waals surface area (Å²) >= 11 is 5.96. The highest BCUT2D eigenvalue weighted by atomic mass is 35.5. The molecule has 166 valence electrons. The van der Waals surface area contributed by atoms with Crippen LogP contribution in [0.3, 0.4) is 0 Å². The summed E-state index contributed by atoms with van der Waals surface area (Å²) in [6, 6.07) is 8.09. The van der Waals surface area contributed by atoms with Gasteiger partial charge in [0.25, 0.3) is 0 Å². The van der Waals surface area contributed by atoms with Crippen LogP contribution in [0.4, 0.5) is 10.2 Å². The summed E-state index contributed by atoms with van der Waals surface area (Å²) in [5, 5.41) is 21.7. The van der Waals surface area contributed by atoms with E-state index in [4.69, 9.17) is 16.0 Å². The van der Waals surface area contributed by atoms with E-state index in [1.807, 2.05) is 6.07 Å². The Labute approximate surface area is 189 Å². The van der Waals surface area contributed by atoms with Gasteiger partial charge in [-0.15, -0.1) is 0 Å². The van der Waals surface area contributed by atoms with Gasteiger partial charge in [0.05, 0.1) is 12.1 Å². The Morgan fingerprint density at radius 2 is 2.06 bits per heavy atom. The molecule has 0 bridgehead atoms. The van der Waals surface area contributed by atoms with E-state index in [0.29, 0.717) is 31.8 Å². The molecule has 3 aromatic rings. The van der Waals surface area contributed by atoms with Gasteiger partial charge >= 0.3 is 11.1 Å². The zero-order valence-corrected chi connectivity index (χ0v) is 18.5. The molecule has 1 N–H and O–H groups in total. The molecule has 1 aromatic carbocycles. The van der Waals surface area contributed by atoms with Crippen LogP contribution in [0.15, 0.2) is 40.9 Å². The lowest BCUT2D eigenvalue weighted by Gasteiger charge is -2.33. The molecule has 2 aromatic heterocycles. The van der Waals surface area contributed by atoms with E-state index < -0.39 is 10.5 Å². The number of nitrogens with zero attached hydrogens (tertiary/aromatic N) is 4. The number of hydrogen-bond donors (Lipinski definition) is 1. The third-order valence-electron chi connectivity index (χ3n) is 5.05. The van der Waals surface area contributed by atoms with E-state index in [1.54, 1.807) is 19.1 Å². The van der Waals surface area contributed by atoms with E-state index >= 15 is 0 Å². The summed E-state index contributed by atoms with van der Waals surface area (Å²) in [7, 11) is 0. The molecule has 0 saturated carbocycles. The number of fused-ring (bicyclic) bond motifs is 1. The van der Waals surface area contributed by atoms with Gasteiger partial charge in [-0.25, -0.2) is 4.39 Å². The largest absolute Gasteiger partial charge is 0.461 e. The second-order valence-corrected chi connectivity index (χ2v) is 8.11. The predicted molar refractivity (Wildman–Crippen MR) is 118 cm³/mol. The first-order chi connectivity index (χ1) is 14.2. The summed E-state index contributed by atoms with van der Waals surface area (Å²) < 4.78 is 20.5. The topological polar surface area (TPSA) is 97.6 Å². The first kappa shape index (κ1) is 23.3. The minimum absolute atomic E-state index is 0. The number of aromatic nitrogens is 2. The average molecular weight is 469 g/mol. The molecule has 3 heterocycles. The van der Waals surface area contributed by atoms with Gasteiger partial charge in [0.15, 0.2) is 0 Å². The quantitative estimate of drug-likeness (QED) is 0.437. The Kier molecular flexibility index (Phi) is 6.75. The minimum Gasteiger partial charge on any atom is -0.461 e. The summed E-state index contributed by atoms with van der Waals surface area (Å²) in [4.78, 5) is 16.0. The van der Waals surface area contributed by atoms with E-state index in [9.17, 15) is 19.6 Å². The Hall–Kier alpha value is -2.40. The highest BCUT2D eigenvalue weighted by Crippen LogP contribution is 2.30. The fraction of sp³-hybridized carbons (Fsp3) is 0.350. The first-order valence-corrected chi connectivity index (χ1v) is 9.77. The molecule has 0 unspecified atom stereocenters. The van der Waals surface area contributed by atoms with Crippen molar-refractivity contribution in [2.45, 2.75) is 32.0 Å². The molecule has 0 saturated heterocycles. The van der Waals surface area contributed by atoms with Crippen molar-refractivity contribution in [1.29, 1.82) is 0 Å². The fourth-order valence-electron chi connectivity index (χ4n) is 3.76. The maximum absolute atomic E-state index is 13.2. The number of hydrogen-bond acceptors (Lipinski definition) is 6. The van der Waals surface area contributed by atoms with Crippen molar-refractivity contribution in [3.8, 4) is 11.3 Å². The zero-order chi connectivity index (χ0) is 21.5. The van der Waals surface area contributed by atoms with Gasteiger partial charge in [0.1, 0.15) is 23.5 Å². The molecule has 8 nitrogen and oxygen atoms in total. The van der Waals surface area contributed by atoms with E-state index in [2.05, 4.69) is 9.88 Å². The number of nitro groups is 1. The first-order valence-electron chi connectivity index (χ1n) is 9.39. The van der Waals surface area contributed by atoms with Crippen LogP contribution in [-0.4, -0.2) is 43.2 Å². The van der Waals surface area contributed by atoms with Crippen molar-refractivity contribution in [2.75, 3.05) is 13.1 Å². The zero-order valence-electron chi connectivity index (χ0n) is 16.7. The molecule has 1 aliphatic rings. The third kappa shape index (κ3) is 5.27. The average Bonchev–Trinajstić information content (AvgIpc) is 3.25. The van der Waals surface area contributed by atoms with Crippen molar-refractivity contribution in [1.82, 2.24) is 14.5 Å². The van der Waals surface area contributed by atoms with Crippen LogP contribution < -0.4 is 0 Å². The minimum atomic E-state index is -1.18. The Morgan fingerprint density at radius 1 is 1.35 bits per heavy atom. The van der Waals surface area contributed by atoms with E-state index in [1.165, 1.54) is 22.9 Å². The van der Waals surface area contributed by atoms with Crippen LogP contribution in [0.2, 0.25) is 5.28 Å². The molecular weight excluding hydrogens is 447 g/mol. The van der Waals surface area contributed by atoms with E-state index in [-0.39, 0.29) is 37.0 Å². The number of aliphatic hydroxyl groups is 1.